The van der Waals surface area contributed by atoms with Crippen molar-refractivity contribution in [2.24, 2.45) is 0 Å². The molecule has 3 rings (SSSR count). The van der Waals surface area contributed by atoms with E-state index in [1.165, 1.54) is 11.1 Å². The maximum absolute atomic E-state index is 11.8. The van der Waals surface area contributed by atoms with E-state index in [-0.39, 0.29) is 11.8 Å². The Balaban J connectivity index is 2.00. The third kappa shape index (κ3) is 2.50. The normalized spacial score (nSPS) is 18.4. The third-order valence-corrected chi connectivity index (χ3v) is 3.67. The van der Waals surface area contributed by atoms with Gasteiger partial charge in [-0.2, -0.15) is 0 Å². The summed E-state index contributed by atoms with van der Waals surface area (Å²) < 4.78 is 0. The minimum absolute atomic E-state index is 0.0792. The summed E-state index contributed by atoms with van der Waals surface area (Å²) in [6.07, 6.45) is 4.08. The number of anilines is 1. The number of hydrogen-bond acceptors (Lipinski definition) is 2. The average Bonchev–Trinajstić information content (AvgIpc) is 2.49. The summed E-state index contributed by atoms with van der Waals surface area (Å²) in [5.74, 6) is 0.183. The fourth-order valence-electron chi connectivity index (χ4n) is 2.56. The van der Waals surface area contributed by atoms with Crippen LogP contribution < -0.4 is 4.90 Å². The van der Waals surface area contributed by atoms with Gasteiger partial charge in [0.1, 0.15) is 0 Å². The Kier molecular flexibility index (Phi) is 3.38. The number of allylic oxidation sites excluding steroid dienone is 1. The fourth-order valence-corrected chi connectivity index (χ4v) is 2.56. The van der Waals surface area contributed by atoms with E-state index in [0.717, 1.165) is 5.69 Å². The van der Waals surface area contributed by atoms with Crippen molar-refractivity contribution in [3.05, 3.63) is 78.0 Å². The first kappa shape index (κ1) is 12.7. The molecule has 0 spiro atoms. The highest BCUT2D eigenvalue weighted by Gasteiger charge is 2.24. The van der Waals surface area contributed by atoms with Crippen LogP contribution in [0, 0.1) is 6.92 Å². The zero-order chi connectivity index (χ0) is 13.9. The molecule has 1 aliphatic rings. The highest BCUT2D eigenvalue weighted by atomic mass is 16.1. The number of carbonyl (C=O) groups is 1. The zero-order valence-electron chi connectivity index (χ0n) is 11.5. The molecule has 100 valence electrons. The molecule has 1 aliphatic heterocycles. The molecule has 2 nitrogen and oxygen atoms in total. The molecule has 0 radical (unpaired) electrons. The standard InChI is InChI=1S/C18H17NO/c1-14-7-9-15(10-8-14)18-13-17(20)11-12-19(18)16-5-3-2-4-6-16/h2-12,18H,13H2,1H3. The van der Waals surface area contributed by atoms with Gasteiger partial charge in [0.05, 0.1) is 6.04 Å². The smallest absolute Gasteiger partial charge is 0.159 e. The third-order valence-electron chi connectivity index (χ3n) is 3.67. The van der Waals surface area contributed by atoms with Crippen LogP contribution in [0.3, 0.4) is 0 Å². The van der Waals surface area contributed by atoms with E-state index in [2.05, 4.69) is 48.2 Å². The molecule has 0 N–H and O–H groups in total. The topological polar surface area (TPSA) is 20.3 Å². The van der Waals surface area contributed by atoms with E-state index < -0.39 is 0 Å². The molecule has 0 saturated heterocycles. The van der Waals surface area contributed by atoms with Crippen LogP contribution in [0.4, 0.5) is 5.69 Å². The molecule has 2 aromatic rings. The Hall–Kier alpha value is -2.35. The quantitative estimate of drug-likeness (QED) is 0.815. The van der Waals surface area contributed by atoms with Crippen molar-refractivity contribution in [2.75, 3.05) is 4.90 Å². The number of ketones is 1. The molecule has 0 saturated carbocycles. The summed E-state index contributed by atoms with van der Waals surface area (Å²) >= 11 is 0. The Morgan fingerprint density at radius 1 is 1.00 bits per heavy atom. The maximum Gasteiger partial charge on any atom is 0.159 e. The first-order chi connectivity index (χ1) is 9.74. The van der Waals surface area contributed by atoms with Gasteiger partial charge in [0.15, 0.2) is 5.78 Å². The van der Waals surface area contributed by atoms with Crippen LogP contribution in [0.15, 0.2) is 66.9 Å². The summed E-state index contributed by atoms with van der Waals surface area (Å²) in [5, 5.41) is 0. The van der Waals surface area contributed by atoms with E-state index in [1.807, 2.05) is 24.4 Å². The molecule has 0 amide bonds. The van der Waals surface area contributed by atoms with Gasteiger partial charge in [0.25, 0.3) is 0 Å². The first-order valence-corrected chi connectivity index (χ1v) is 6.85. The van der Waals surface area contributed by atoms with E-state index >= 15 is 0 Å². The minimum atomic E-state index is 0.0792. The van der Waals surface area contributed by atoms with Crippen LogP contribution in [0.25, 0.3) is 0 Å². The average molecular weight is 263 g/mol. The zero-order valence-corrected chi connectivity index (χ0v) is 11.5. The molecule has 1 atom stereocenters. The van der Waals surface area contributed by atoms with Gasteiger partial charge >= 0.3 is 0 Å². The van der Waals surface area contributed by atoms with Gasteiger partial charge in [-0.3, -0.25) is 4.79 Å². The van der Waals surface area contributed by atoms with Crippen molar-refractivity contribution < 1.29 is 4.79 Å². The number of nitrogens with zero attached hydrogens (tertiary/aromatic N) is 1. The second kappa shape index (κ2) is 5.33. The van der Waals surface area contributed by atoms with Crippen molar-refractivity contribution in [3.8, 4) is 0 Å². The van der Waals surface area contributed by atoms with E-state index in [9.17, 15) is 4.79 Å². The van der Waals surface area contributed by atoms with Crippen LogP contribution >= 0.6 is 0 Å². The van der Waals surface area contributed by atoms with Crippen molar-refractivity contribution in [1.29, 1.82) is 0 Å². The molecular formula is C18H17NO. The van der Waals surface area contributed by atoms with Gasteiger partial charge in [0.2, 0.25) is 0 Å². The van der Waals surface area contributed by atoms with Gasteiger partial charge < -0.3 is 4.90 Å². The maximum atomic E-state index is 11.8. The summed E-state index contributed by atoms with van der Waals surface area (Å²) in [4.78, 5) is 13.9. The van der Waals surface area contributed by atoms with Gasteiger partial charge in [0, 0.05) is 18.3 Å². The van der Waals surface area contributed by atoms with E-state index in [1.54, 1.807) is 6.08 Å². The van der Waals surface area contributed by atoms with Crippen molar-refractivity contribution in [3.63, 3.8) is 0 Å². The second-order valence-electron chi connectivity index (χ2n) is 5.16. The van der Waals surface area contributed by atoms with Gasteiger partial charge in [-0.25, -0.2) is 0 Å². The Morgan fingerprint density at radius 2 is 1.70 bits per heavy atom. The molecule has 1 heterocycles. The number of benzene rings is 2. The minimum Gasteiger partial charge on any atom is -0.340 e. The monoisotopic (exact) mass is 263 g/mol. The molecule has 0 aliphatic carbocycles. The molecule has 0 bridgehead atoms. The van der Waals surface area contributed by atoms with Crippen molar-refractivity contribution >= 4 is 11.5 Å². The largest absolute Gasteiger partial charge is 0.340 e. The molecule has 20 heavy (non-hydrogen) atoms. The molecule has 0 fully saturated rings. The van der Waals surface area contributed by atoms with Gasteiger partial charge in [-0.05, 0) is 30.7 Å². The highest BCUT2D eigenvalue weighted by Crippen LogP contribution is 2.33. The lowest BCUT2D eigenvalue weighted by Crippen LogP contribution is -2.28. The SMILES string of the molecule is Cc1ccc(C2CC(=O)C=CN2c2ccccc2)cc1. The van der Waals surface area contributed by atoms with Crippen molar-refractivity contribution in [1.82, 2.24) is 0 Å². The van der Waals surface area contributed by atoms with Crippen molar-refractivity contribution in [2.45, 2.75) is 19.4 Å². The number of rotatable bonds is 2. The van der Waals surface area contributed by atoms with Crippen LogP contribution in [-0.4, -0.2) is 5.78 Å². The Labute approximate surface area is 119 Å². The molecule has 2 heteroatoms. The summed E-state index contributed by atoms with van der Waals surface area (Å²) in [6.45, 7) is 2.07. The summed E-state index contributed by atoms with van der Waals surface area (Å²) in [5.41, 5.74) is 3.52. The van der Waals surface area contributed by atoms with Crippen LogP contribution in [0.5, 0.6) is 0 Å². The predicted molar refractivity (Wildman–Crippen MR) is 81.6 cm³/mol. The lowest BCUT2D eigenvalue weighted by molar-refractivity contribution is -0.115. The molecule has 2 aromatic carbocycles. The van der Waals surface area contributed by atoms with E-state index in [0.29, 0.717) is 6.42 Å². The number of aryl methyl sites for hydroxylation is 1. The number of carbonyl (C=O) groups excluding carboxylic acids is 1. The first-order valence-electron chi connectivity index (χ1n) is 6.85. The molecular weight excluding hydrogens is 246 g/mol. The molecule has 1 unspecified atom stereocenters. The highest BCUT2D eigenvalue weighted by molar-refractivity contribution is 5.92. The molecule has 0 aromatic heterocycles. The van der Waals surface area contributed by atoms with Gasteiger partial charge in [-0.1, -0.05) is 48.0 Å². The Morgan fingerprint density at radius 3 is 2.40 bits per heavy atom. The lowest BCUT2D eigenvalue weighted by atomic mass is 9.96. The van der Waals surface area contributed by atoms with Crippen LogP contribution in [0.2, 0.25) is 0 Å². The Bertz CT molecular complexity index is 628. The lowest BCUT2D eigenvalue weighted by Gasteiger charge is -2.33. The summed E-state index contributed by atoms with van der Waals surface area (Å²) in [7, 11) is 0. The van der Waals surface area contributed by atoms with Crippen LogP contribution in [0.1, 0.15) is 23.6 Å². The summed E-state index contributed by atoms with van der Waals surface area (Å²) in [6, 6.07) is 18.7. The number of hydrogen-bond donors (Lipinski definition) is 0. The number of para-hydroxylation sites is 1. The van der Waals surface area contributed by atoms with E-state index in [4.69, 9.17) is 0 Å². The predicted octanol–water partition coefficient (Wildman–Crippen LogP) is 4.03. The fraction of sp³-hybridized carbons (Fsp3) is 0.167. The second-order valence-corrected chi connectivity index (χ2v) is 5.16. The van der Waals surface area contributed by atoms with Crippen LogP contribution in [-0.2, 0) is 4.79 Å². The van der Waals surface area contributed by atoms with Gasteiger partial charge in [-0.15, -0.1) is 0 Å².